The number of rotatable bonds is 8. The smallest absolute Gasteiger partial charge is 0.236 e. The van der Waals surface area contributed by atoms with E-state index in [0.717, 1.165) is 18.4 Å². The minimum absolute atomic E-state index is 0.0971. The Balaban J connectivity index is 2.16. The van der Waals surface area contributed by atoms with Gasteiger partial charge in [0.25, 0.3) is 0 Å². The number of pyridine rings is 1. The molecule has 18 heavy (non-hydrogen) atoms. The molecule has 0 aliphatic carbocycles. The predicted octanol–water partition coefficient (Wildman–Crippen LogP) is 0.494. The zero-order chi connectivity index (χ0) is 13.2. The number of methoxy groups -OCH3 is 1. The summed E-state index contributed by atoms with van der Waals surface area (Å²) in [5, 5.41) is 2.83. The zero-order valence-electron chi connectivity index (χ0n) is 10.8. The van der Waals surface area contributed by atoms with Gasteiger partial charge in [-0.15, -0.1) is 0 Å². The Morgan fingerprint density at radius 1 is 1.50 bits per heavy atom. The molecule has 0 bridgehead atoms. The van der Waals surface area contributed by atoms with E-state index in [9.17, 15) is 4.79 Å². The number of carbonyl (C=O) groups is 1. The maximum atomic E-state index is 11.6. The molecule has 100 valence electrons. The van der Waals surface area contributed by atoms with Crippen molar-refractivity contribution < 1.29 is 9.53 Å². The number of nitrogens with one attached hydrogen (secondary N) is 1. The molecule has 1 heterocycles. The molecular weight excluding hydrogens is 230 g/mol. The van der Waals surface area contributed by atoms with Crippen LogP contribution in [0.2, 0.25) is 0 Å². The number of carbonyl (C=O) groups excluding carboxylic acids is 1. The maximum absolute atomic E-state index is 11.6. The van der Waals surface area contributed by atoms with Crippen LogP contribution in [0.1, 0.15) is 18.4 Å². The average molecular weight is 251 g/mol. The highest BCUT2D eigenvalue weighted by atomic mass is 16.5. The van der Waals surface area contributed by atoms with E-state index < -0.39 is 6.04 Å². The first-order valence-corrected chi connectivity index (χ1v) is 6.15. The molecule has 0 saturated carbocycles. The Morgan fingerprint density at radius 3 is 2.89 bits per heavy atom. The minimum Gasteiger partial charge on any atom is -0.385 e. The maximum Gasteiger partial charge on any atom is 0.236 e. The minimum atomic E-state index is -0.447. The Labute approximate surface area is 108 Å². The highest BCUT2D eigenvalue weighted by Gasteiger charge is 2.11. The number of aromatic nitrogens is 1. The van der Waals surface area contributed by atoms with Gasteiger partial charge < -0.3 is 15.8 Å². The first kappa shape index (κ1) is 14.6. The van der Waals surface area contributed by atoms with Gasteiger partial charge in [-0.25, -0.2) is 0 Å². The number of amides is 1. The third kappa shape index (κ3) is 5.75. The van der Waals surface area contributed by atoms with Crippen molar-refractivity contribution in [2.75, 3.05) is 20.3 Å². The van der Waals surface area contributed by atoms with Crippen LogP contribution in [0.15, 0.2) is 24.5 Å². The lowest BCUT2D eigenvalue weighted by Crippen LogP contribution is -2.41. The SMILES string of the molecule is COCCCC(N)C(=O)NCCc1ccncc1. The average Bonchev–Trinajstić information content (AvgIpc) is 2.40. The van der Waals surface area contributed by atoms with Crippen molar-refractivity contribution in [3.05, 3.63) is 30.1 Å². The van der Waals surface area contributed by atoms with Gasteiger partial charge in [-0.3, -0.25) is 9.78 Å². The third-order valence-electron chi connectivity index (χ3n) is 2.66. The largest absolute Gasteiger partial charge is 0.385 e. The second-order valence-electron chi connectivity index (χ2n) is 4.14. The van der Waals surface area contributed by atoms with Gasteiger partial charge in [-0.05, 0) is 37.0 Å². The normalized spacial score (nSPS) is 12.1. The number of hydrogen-bond donors (Lipinski definition) is 2. The lowest BCUT2D eigenvalue weighted by molar-refractivity contribution is -0.122. The molecule has 0 aliphatic rings. The monoisotopic (exact) mass is 251 g/mol. The predicted molar refractivity (Wildman–Crippen MR) is 70.0 cm³/mol. The van der Waals surface area contributed by atoms with Crippen LogP contribution in [-0.4, -0.2) is 37.2 Å². The Kier molecular flexibility index (Phi) is 6.98. The van der Waals surface area contributed by atoms with Gasteiger partial charge >= 0.3 is 0 Å². The standard InChI is InChI=1S/C13H21N3O2/c1-18-10-2-3-12(14)13(17)16-9-6-11-4-7-15-8-5-11/h4-5,7-8,12H,2-3,6,9-10,14H2,1H3,(H,16,17). The Morgan fingerprint density at radius 2 is 2.22 bits per heavy atom. The van der Waals surface area contributed by atoms with Crippen LogP contribution in [0, 0.1) is 0 Å². The Bertz CT molecular complexity index is 343. The molecule has 0 saturated heterocycles. The quantitative estimate of drug-likeness (QED) is 0.659. The van der Waals surface area contributed by atoms with E-state index in [-0.39, 0.29) is 5.91 Å². The number of nitrogens with two attached hydrogens (primary N) is 1. The summed E-state index contributed by atoms with van der Waals surface area (Å²) in [5.41, 5.74) is 6.91. The second-order valence-corrected chi connectivity index (χ2v) is 4.14. The molecule has 0 radical (unpaired) electrons. The zero-order valence-corrected chi connectivity index (χ0v) is 10.8. The molecule has 1 aromatic rings. The van der Waals surface area contributed by atoms with Crippen LogP contribution < -0.4 is 11.1 Å². The second kappa shape index (κ2) is 8.60. The van der Waals surface area contributed by atoms with E-state index in [2.05, 4.69) is 10.3 Å². The van der Waals surface area contributed by atoms with Gasteiger partial charge in [-0.2, -0.15) is 0 Å². The summed E-state index contributed by atoms with van der Waals surface area (Å²) in [7, 11) is 1.64. The summed E-state index contributed by atoms with van der Waals surface area (Å²) in [6.07, 6.45) is 5.73. The van der Waals surface area contributed by atoms with Crippen molar-refractivity contribution >= 4 is 5.91 Å². The van der Waals surface area contributed by atoms with E-state index >= 15 is 0 Å². The molecule has 3 N–H and O–H groups in total. The highest BCUT2D eigenvalue weighted by molar-refractivity contribution is 5.81. The van der Waals surface area contributed by atoms with Crippen LogP contribution in [0.25, 0.3) is 0 Å². The molecule has 5 nitrogen and oxygen atoms in total. The molecule has 1 atom stereocenters. The molecular formula is C13H21N3O2. The van der Waals surface area contributed by atoms with Crippen LogP contribution in [-0.2, 0) is 16.0 Å². The summed E-state index contributed by atoms with van der Waals surface area (Å²) in [6.45, 7) is 1.23. The number of hydrogen-bond acceptors (Lipinski definition) is 4. The third-order valence-corrected chi connectivity index (χ3v) is 2.66. The van der Waals surface area contributed by atoms with Crippen molar-refractivity contribution in [1.29, 1.82) is 0 Å². The molecule has 1 unspecified atom stereocenters. The fourth-order valence-electron chi connectivity index (χ4n) is 1.59. The van der Waals surface area contributed by atoms with Crippen molar-refractivity contribution in [2.24, 2.45) is 5.73 Å². The fraction of sp³-hybridized carbons (Fsp3) is 0.538. The van der Waals surface area contributed by atoms with Crippen LogP contribution in [0.5, 0.6) is 0 Å². The summed E-state index contributed by atoms with van der Waals surface area (Å²) >= 11 is 0. The van der Waals surface area contributed by atoms with E-state index in [0.29, 0.717) is 19.6 Å². The first-order chi connectivity index (χ1) is 8.74. The lowest BCUT2D eigenvalue weighted by atomic mass is 10.1. The molecule has 1 aromatic heterocycles. The van der Waals surface area contributed by atoms with E-state index in [4.69, 9.17) is 10.5 Å². The van der Waals surface area contributed by atoms with Gasteiger partial charge in [0.2, 0.25) is 5.91 Å². The van der Waals surface area contributed by atoms with Crippen molar-refractivity contribution in [3.63, 3.8) is 0 Å². The van der Waals surface area contributed by atoms with E-state index in [1.54, 1.807) is 19.5 Å². The topological polar surface area (TPSA) is 77.2 Å². The van der Waals surface area contributed by atoms with Crippen molar-refractivity contribution in [3.8, 4) is 0 Å². The van der Waals surface area contributed by atoms with Crippen molar-refractivity contribution in [2.45, 2.75) is 25.3 Å². The molecule has 1 rings (SSSR count). The van der Waals surface area contributed by atoms with Gasteiger partial charge in [-0.1, -0.05) is 0 Å². The molecule has 0 fully saturated rings. The van der Waals surface area contributed by atoms with Crippen LogP contribution in [0.3, 0.4) is 0 Å². The number of ether oxygens (including phenoxy) is 1. The summed E-state index contributed by atoms with van der Waals surface area (Å²) in [6, 6.07) is 3.42. The molecule has 0 aliphatic heterocycles. The van der Waals surface area contributed by atoms with Gasteiger partial charge in [0.05, 0.1) is 6.04 Å². The van der Waals surface area contributed by atoms with E-state index in [1.165, 1.54) is 0 Å². The fourth-order valence-corrected chi connectivity index (χ4v) is 1.59. The highest BCUT2D eigenvalue weighted by Crippen LogP contribution is 1.97. The molecule has 0 aromatic carbocycles. The molecule has 1 amide bonds. The van der Waals surface area contributed by atoms with Gasteiger partial charge in [0.15, 0.2) is 0 Å². The lowest BCUT2D eigenvalue weighted by Gasteiger charge is -2.11. The first-order valence-electron chi connectivity index (χ1n) is 6.15. The summed E-state index contributed by atoms with van der Waals surface area (Å²) in [5.74, 6) is -0.0971. The Hall–Kier alpha value is -1.46. The van der Waals surface area contributed by atoms with Crippen molar-refractivity contribution in [1.82, 2.24) is 10.3 Å². The molecule has 5 heteroatoms. The summed E-state index contributed by atoms with van der Waals surface area (Å²) in [4.78, 5) is 15.6. The van der Waals surface area contributed by atoms with Gasteiger partial charge in [0, 0.05) is 32.7 Å². The van der Waals surface area contributed by atoms with E-state index in [1.807, 2.05) is 12.1 Å². The van der Waals surface area contributed by atoms with Gasteiger partial charge in [0.1, 0.15) is 0 Å². The van der Waals surface area contributed by atoms with Crippen LogP contribution in [0.4, 0.5) is 0 Å². The van der Waals surface area contributed by atoms with Crippen LogP contribution >= 0.6 is 0 Å². The molecule has 0 spiro atoms. The summed E-state index contributed by atoms with van der Waals surface area (Å²) < 4.78 is 4.92. The number of nitrogens with zero attached hydrogens (tertiary/aromatic N) is 1.